The molecule has 24 heavy (non-hydrogen) atoms. The summed E-state index contributed by atoms with van der Waals surface area (Å²) in [6.45, 7) is 2.18. The van der Waals surface area contributed by atoms with Crippen LogP contribution in [-0.4, -0.2) is 0 Å². The van der Waals surface area contributed by atoms with Crippen molar-refractivity contribution in [3.05, 3.63) is 107 Å². The highest BCUT2D eigenvalue weighted by molar-refractivity contribution is 5.37. The maximum atomic E-state index is 9.01. The molecular formula is C22H20N2. The SMILES string of the molecule is C[C@H](NC(c1ccccc1)c1ccc(C#N)cc1)c1ccccc1. The predicted octanol–water partition coefficient (Wildman–Crippen LogP) is 5.00. The molecule has 0 fully saturated rings. The van der Waals surface area contributed by atoms with E-state index in [1.165, 1.54) is 11.1 Å². The van der Waals surface area contributed by atoms with Gasteiger partial charge in [-0.25, -0.2) is 0 Å². The average Bonchev–Trinajstić information content (AvgIpc) is 2.67. The normalized spacial score (nSPS) is 13.0. The first kappa shape index (κ1) is 16.0. The summed E-state index contributed by atoms with van der Waals surface area (Å²) < 4.78 is 0. The second kappa shape index (κ2) is 7.59. The molecule has 3 aromatic carbocycles. The Labute approximate surface area is 143 Å². The van der Waals surface area contributed by atoms with Crippen LogP contribution in [0.2, 0.25) is 0 Å². The summed E-state index contributed by atoms with van der Waals surface area (Å²) in [7, 11) is 0. The zero-order valence-electron chi connectivity index (χ0n) is 13.7. The molecule has 0 spiro atoms. The van der Waals surface area contributed by atoms with Crippen molar-refractivity contribution in [3.63, 3.8) is 0 Å². The summed E-state index contributed by atoms with van der Waals surface area (Å²) in [6, 6.07) is 31.1. The summed E-state index contributed by atoms with van der Waals surface area (Å²) >= 11 is 0. The van der Waals surface area contributed by atoms with E-state index >= 15 is 0 Å². The summed E-state index contributed by atoms with van der Waals surface area (Å²) in [5.74, 6) is 0. The molecule has 0 radical (unpaired) electrons. The van der Waals surface area contributed by atoms with Crippen molar-refractivity contribution >= 4 is 0 Å². The number of hydrogen-bond acceptors (Lipinski definition) is 2. The van der Waals surface area contributed by atoms with Gasteiger partial charge in [0.25, 0.3) is 0 Å². The van der Waals surface area contributed by atoms with Gasteiger partial charge in [-0.2, -0.15) is 5.26 Å². The van der Waals surface area contributed by atoms with Gasteiger partial charge in [0.2, 0.25) is 0 Å². The Kier molecular flexibility index (Phi) is 5.05. The van der Waals surface area contributed by atoms with Gasteiger partial charge in [-0.15, -0.1) is 0 Å². The van der Waals surface area contributed by atoms with Gasteiger partial charge in [0, 0.05) is 6.04 Å². The Hall–Kier alpha value is -2.89. The highest BCUT2D eigenvalue weighted by Gasteiger charge is 2.17. The van der Waals surface area contributed by atoms with E-state index in [2.05, 4.69) is 66.8 Å². The zero-order chi connectivity index (χ0) is 16.8. The molecule has 0 saturated heterocycles. The summed E-state index contributed by atoms with van der Waals surface area (Å²) in [5.41, 5.74) is 4.31. The molecule has 0 bridgehead atoms. The van der Waals surface area contributed by atoms with Crippen LogP contribution in [0.5, 0.6) is 0 Å². The van der Waals surface area contributed by atoms with Gasteiger partial charge >= 0.3 is 0 Å². The van der Waals surface area contributed by atoms with Crippen LogP contribution in [0.3, 0.4) is 0 Å². The highest BCUT2D eigenvalue weighted by atomic mass is 14.9. The lowest BCUT2D eigenvalue weighted by atomic mass is 9.96. The maximum Gasteiger partial charge on any atom is 0.0991 e. The van der Waals surface area contributed by atoms with Crippen molar-refractivity contribution < 1.29 is 0 Å². The summed E-state index contributed by atoms with van der Waals surface area (Å²) in [6.07, 6.45) is 0. The Morgan fingerprint density at radius 3 is 1.75 bits per heavy atom. The van der Waals surface area contributed by atoms with Crippen molar-refractivity contribution in [2.24, 2.45) is 0 Å². The minimum absolute atomic E-state index is 0.0779. The quantitative estimate of drug-likeness (QED) is 0.719. The molecule has 0 aliphatic heterocycles. The predicted molar refractivity (Wildman–Crippen MR) is 97.4 cm³/mol. The van der Waals surface area contributed by atoms with Crippen molar-refractivity contribution in [1.29, 1.82) is 5.26 Å². The van der Waals surface area contributed by atoms with E-state index in [9.17, 15) is 0 Å². The van der Waals surface area contributed by atoms with E-state index in [-0.39, 0.29) is 12.1 Å². The number of benzene rings is 3. The molecule has 1 N–H and O–H groups in total. The minimum Gasteiger partial charge on any atom is -0.300 e. The Morgan fingerprint density at radius 2 is 1.21 bits per heavy atom. The third-order valence-corrected chi connectivity index (χ3v) is 4.22. The first-order valence-electron chi connectivity index (χ1n) is 8.14. The smallest absolute Gasteiger partial charge is 0.0991 e. The van der Waals surface area contributed by atoms with Crippen LogP contribution in [0.15, 0.2) is 84.9 Å². The van der Waals surface area contributed by atoms with Crippen LogP contribution in [-0.2, 0) is 0 Å². The topological polar surface area (TPSA) is 35.8 Å². The largest absolute Gasteiger partial charge is 0.300 e. The second-order valence-electron chi connectivity index (χ2n) is 5.88. The molecule has 0 saturated carbocycles. The van der Waals surface area contributed by atoms with Gasteiger partial charge < -0.3 is 0 Å². The van der Waals surface area contributed by atoms with E-state index in [1.807, 2.05) is 36.4 Å². The third kappa shape index (κ3) is 3.71. The molecule has 3 rings (SSSR count). The zero-order valence-corrected chi connectivity index (χ0v) is 13.7. The Morgan fingerprint density at radius 1 is 0.708 bits per heavy atom. The lowest BCUT2D eigenvalue weighted by molar-refractivity contribution is 0.516. The first-order valence-corrected chi connectivity index (χ1v) is 8.14. The van der Waals surface area contributed by atoms with Gasteiger partial charge in [-0.3, -0.25) is 5.32 Å². The molecule has 0 amide bonds. The summed E-state index contributed by atoms with van der Waals surface area (Å²) in [5, 5.41) is 12.7. The molecule has 1 unspecified atom stereocenters. The number of hydrogen-bond donors (Lipinski definition) is 1. The Bertz CT molecular complexity index is 802. The van der Waals surface area contributed by atoms with Crippen molar-refractivity contribution in [1.82, 2.24) is 5.32 Å². The maximum absolute atomic E-state index is 9.01. The molecule has 3 aromatic rings. The highest BCUT2D eigenvalue weighted by Crippen LogP contribution is 2.26. The molecule has 2 nitrogen and oxygen atoms in total. The fraction of sp³-hybridized carbons (Fsp3) is 0.136. The van der Waals surface area contributed by atoms with Crippen molar-refractivity contribution in [2.45, 2.75) is 19.0 Å². The van der Waals surface area contributed by atoms with E-state index in [1.54, 1.807) is 0 Å². The third-order valence-electron chi connectivity index (χ3n) is 4.22. The lowest BCUT2D eigenvalue weighted by Crippen LogP contribution is -2.25. The van der Waals surface area contributed by atoms with Gasteiger partial charge in [-0.1, -0.05) is 72.8 Å². The molecule has 2 atom stereocenters. The summed E-state index contributed by atoms with van der Waals surface area (Å²) in [4.78, 5) is 0. The van der Waals surface area contributed by atoms with Gasteiger partial charge in [0.05, 0.1) is 17.7 Å². The van der Waals surface area contributed by atoms with Crippen LogP contribution >= 0.6 is 0 Å². The van der Waals surface area contributed by atoms with Gasteiger partial charge in [0.1, 0.15) is 0 Å². The van der Waals surface area contributed by atoms with Crippen LogP contribution in [0.1, 0.15) is 41.3 Å². The number of nitrogens with zero attached hydrogens (tertiary/aromatic N) is 1. The van der Waals surface area contributed by atoms with Crippen LogP contribution in [0.25, 0.3) is 0 Å². The van der Waals surface area contributed by atoms with Gasteiger partial charge in [-0.05, 0) is 35.7 Å². The number of nitrogens with one attached hydrogen (secondary N) is 1. The van der Waals surface area contributed by atoms with E-state index < -0.39 is 0 Å². The fourth-order valence-corrected chi connectivity index (χ4v) is 2.87. The molecule has 2 heteroatoms. The van der Waals surface area contributed by atoms with Gasteiger partial charge in [0.15, 0.2) is 0 Å². The van der Waals surface area contributed by atoms with E-state index in [0.717, 1.165) is 5.56 Å². The number of nitriles is 1. The molecule has 0 aromatic heterocycles. The molecule has 0 aliphatic carbocycles. The first-order chi connectivity index (χ1) is 11.8. The molecule has 118 valence electrons. The minimum atomic E-state index is 0.0779. The lowest BCUT2D eigenvalue weighted by Gasteiger charge is -2.25. The van der Waals surface area contributed by atoms with Crippen LogP contribution in [0, 0.1) is 11.3 Å². The standard InChI is InChI=1S/C22H20N2/c1-17(19-8-4-2-5-9-19)24-22(20-10-6-3-7-11-20)21-14-12-18(16-23)13-15-21/h2-15,17,22,24H,1H3/t17-,22?/m0/s1. The fourth-order valence-electron chi connectivity index (χ4n) is 2.87. The Balaban J connectivity index is 1.92. The second-order valence-corrected chi connectivity index (χ2v) is 5.88. The molecular weight excluding hydrogens is 292 g/mol. The van der Waals surface area contributed by atoms with Crippen LogP contribution < -0.4 is 5.32 Å². The monoisotopic (exact) mass is 312 g/mol. The van der Waals surface area contributed by atoms with E-state index in [0.29, 0.717) is 5.56 Å². The molecule has 0 aliphatic rings. The number of rotatable bonds is 5. The van der Waals surface area contributed by atoms with E-state index in [4.69, 9.17) is 5.26 Å². The van der Waals surface area contributed by atoms with Crippen molar-refractivity contribution in [3.8, 4) is 6.07 Å². The average molecular weight is 312 g/mol. The van der Waals surface area contributed by atoms with Crippen molar-refractivity contribution in [2.75, 3.05) is 0 Å². The van der Waals surface area contributed by atoms with Crippen LogP contribution in [0.4, 0.5) is 0 Å². The molecule has 0 heterocycles.